The molecule has 1 heterocycles. The average molecular weight is 377 g/mol. The Balaban J connectivity index is 1.51. The van der Waals surface area contributed by atoms with Crippen molar-refractivity contribution in [2.45, 2.75) is 26.5 Å². The molecule has 0 spiro atoms. The molecule has 2 N–H and O–H groups in total. The van der Waals surface area contributed by atoms with Gasteiger partial charge in [-0.25, -0.2) is 4.79 Å². The van der Waals surface area contributed by atoms with Gasteiger partial charge in [-0.1, -0.05) is 18.2 Å². The number of nitrogens with one attached hydrogen (secondary N) is 2. The lowest BCUT2D eigenvalue weighted by Crippen LogP contribution is -2.28. The van der Waals surface area contributed by atoms with E-state index in [1.807, 2.05) is 50.2 Å². The van der Waals surface area contributed by atoms with Crippen LogP contribution in [0, 0.1) is 0 Å². The summed E-state index contributed by atoms with van der Waals surface area (Å²) in [5.74, 6) is 2.13. The smallest absolute Gasteiger partial charge is 0.319 e. The third kappa shape index (κ3) is 6.02. The molecule has 0 aliphatic heterocycles. The molecule has 144 valence electrons. The van der Waals surface area contributed by atoms with Crippen LogP contribution in [0.15, 0.2) is 73.1 Å². The number of rotatable bonds is 7. The van der Waals surface area contributed by atoms with Gasteiger partial charge in [-0.2, -0.15) is 0 Å². The normalized spacial score (nSPS) is 10.4. The number of carbonyl (C=O) groups excluding carboxylic acids is 1. The van der Waals surface area contributed by atoms with Gasteiger partial charge in [0.05, 0.1) is 6.10 Å². The van der Waals surface area contributed by atoms with Crippen LogP contribution in [0.25, 0.3) is 0 Å². The Kier molecular flexibility index (Phi) is 6.46. The molecule has 0 bridgehead atoms. The topological polar surface area (TPSA) is 72.5 Å². The zero-order valence-electron chi connectivity index (χ0n) is 15.9. The number of hydrogen-bond acceptors (Lipinski definition) is 4. The van der Waals surface area contributed by atoms with Gasteiger partial charge in [0.15, 0.2) is 0 Å². The fourth-order valence-corrected chi connectivity index (χ4v) is 2.50. The second-order valence-electron chi connectivity index (χ2n) is 6.43. The van der Waals surface area contributed by atoms with Crippen LogP contribution in [-0.4, -0.2) is 17.1 Å². The van der Waals surface area contributed by atoms with E-state index in [0.29, 0.717) is 23.7 Å². The highest BCUT2D eigenvalue weighted by atomic mass is 16.5. The molecule has 6 nitrogen and oxygen atoms in total. The van der Waals surface area contributed by atoms with Gasteiger partial charge >= 0.3 is 6.03 Å². The molecule has 0 atom stereocenters. The molecule has 3 aromatic rings. The highest BCUT2D eigenvalue weighted by molar-refractivity contribution is 5.89. The van der Waals surface area contributed by atoms with E-state index >= 15 is 0 Å². The third-order valence-corrected chi connectivity index (χ3v) is 3.73. The molecule has 1 aromatic heterocycles. The van der Waals surface area contributed by atoms with Crippen molar-refractivity contribution in [2.75, 3.05) is 5.32 Å². The van der Waals surface area contributed by atoms with Crippen LogP contribution in [0.5, 0.6) is 17.2 Å². The number of ether oxygens (including phenoxy) is 2. The van der Waals surface area contributed by atoms with Crippen molar-refractivity contribution < 1.29 is 14.3 Å². The summed E-state index contributed by atoms with van der Waals surface area (Å²) < 4.78 is 11.4. The summed E-state index contributed by atoms with van der Waals surface area (Å²) in [5.41, 5.74) is 1.63. The van der Waals surface area contributed by atoms with Crippen molar-refractivity contribution in [2.24, 2.45) is 0 Å². The van der Waals surface area contributed by atoms with Crippen LogP contribution < -0.4 is 20.1 Å². The number of amides is 2. The van der Waals surface area contributed by atoms with E-state index < -0.39 is 0 Å². The molecule has 0 aliphatic rings. The summed E-state index contributed by atoms with van der Waals surface area (Å²) in [5, 5.41) is 5.65. The van der Waals surface area contributed by atoms with E-state index in [2.05, 4.69) is 15.6 Å². The molecule has 2 amide bonds. The van der Waals surface area contributed by atoms with Gasteiger partial charge in [0, 0.05) is 30.7 Å². The number of benzene rings is 2. The van der Waals surface area contributed by atoms with Crippen molar-refractivity contribution >= 4 is 11.7 Å². The Morgan fingerprint density at radius 2 is 1.71 bits per heavy atom. The molecular formula is C22H23N3O3. The summed E-state index contributed by atoms with van der Waals surface area (Å²) in [6.07, 6.45) is 3.45. The van der Waals surface area contributed by atoms with Crippen molar-refractivity contribution in [1.82, 2.24) is 10.3 Å². The zero-order valence-corrected chi connectivity index (χ0v) is 15.9. The Morgan fingerprint density at radius 3 is 2.43 bits per heavy atom. The maximum absolute atomic E-state index is 12.2. The second-order valence-corrected chi connectivity index (χ2v) is 6.43. The summed E-state index contributed by atoms with van der Waals surface area (Å²) in [6, 6.07) is 18.1. The van der Waals surface area contributed by atoms with Crippen LogP contribution in [0.4, 0.5) is 10.5 Å². The largest absolute Gasteiger partial charge is 0.491 e. The Bertz CT molecular complexity index is 896. The number of urea groups is 1. The number of nitrogens with zero attached hydrogens (tertiary/aromatic N) is 1. The summed E-state index contributed by atoms with van der Waals surface area (Å²) in [4.78, 5) is 16.1. The minimum atomic E-state index is -0.288. The molecule has 0 unspecified atom stereocenters. The molecule has 3 rings (SSSR count). The van der Waals surface area contributed by atoms with Crippen molar-refractivity contribution in [3.05, 3.63) is 78.6 Å². The third-order valence-electron chi connectivity index (χ3n) is 3.73. The predicted molar refractivity (Wildman–Crippen MR) is 109 cm³/mol. The van der Waals surface area contributed by atoms with Gasteiger partial charge < -0.3 is 20.1 Å². The molecule has 6 heteroatoms. The minimum Gasteiger partial charge on any atom is -0.491 e. The average Bonchev–Trinajstić information content (AvgIpc) is 2.68. The second kappa shape index (κ2) is 9.41. The maximum Gasteiger partial charge on any atom is 0.319 e. The molecule has 0 aliphatic carbocycles. The maximum atomic E-state index is 12.2. The van der Waals surface area contributed by atoms with Crippen LogP contribution in [0.1, 0.15) is 19.4 Å². The first kappa shape index (κ1) is 19.2. The fourth-order valence-electron chi connectivity index (χ4n) is 2.50. The van der Waals surface area contributed by atoms with E-state index in [9.17, 15) is 4.79 Å². The van der Waals surface area contributed by atoms with E-state index in [1.165, 1.54) is 0 Å². The first-order valence-corrected chi connectivity index (χ1v) is 9.07. The summed E-state index contributed by atoms with van der Waals surface area (Å²) >= 11 is 0. The predicted octanol–water partition coefficient (Wildman–Crippen LogP) is 4.98. The van der Waals surface area contributed by atoms with Gasteiger partial charge in [0.2, 0.25) is 0 Å². The Labute approximate surface area is 164 Å². The van der Waals surface area contributed by atoms with Crippen molar-refractivity contribution in [3.8, 4) is 17.2 Å². The van der Waals surface area contributed by atoms with Crippen molar-refractivity contribution in [1.29, 1.82) is 0 Å². The minimum absolute atomic E-state index is 0.132. The van der Waals surface area contributed by atoms with Gasteiger partial charge in [0.25, 0.3) is 0 Å². The van der Waals surface area contributed by atoms with E-state index in [0.717, 1.165) is 11.3 Å². The highest BCUT2D eigenvalue weighted by Crippen LogP contribution is 2.23. The van der Waals surface area contributed by atoms with Gasteiger partial charge in [-0.15, -0.1) is 0 Å². The molecule has 0 saturated heterocycles. The fraction of sp³-hybridized carbons (Fsp3) is 0.182. The van der Waals surface area contributed by atoms with Gasteiger partial charge in [-0.3, -0.25) is 4.98 Å². The van der Waals surface area contributed by atoms with Crippen LogP contribution >= 0.6 is 0 Å². The quantitative estimate of drug-likeness (QED) is 0.609. The Morgan fingerprint density at radius 1 is 0.964 bits per heavy atom. The van der Waals surface area contributed by atoms with E-state index in [-0.39, 0.29) is 12.1 Å². The summed E-state index contributed by atoms with van der Waals surface area (Å²) in [7, 11) is 0. The van der Waals surface area contributed by atoms with Gasteiger partial charge in [0.1, 0.15) is 17.2 Å². The SMILES string of the molecule is CC(C)Oc1ccc(CNC(=O)Nc2cccc(Oc3ccncc3)c2)cc1. The monoisotopic (exact) mass is 377 g/mol. The Hall–Kier alpha value is -3.54. The highest BCUT2D eigenvalue weighted by Gasteiger charge is 2.05. The first-order valence-electron chi connectivity index (χ1n) is 9.07. The summed E-state index contributed by atoms with van der Waals surface area (Å²) in [6.45, 7) is 4.38. The first-order chi connectivity index (χ1) is 13.6. The number of anilines is 1. The van der Waals surface area contributed by atoms with E-state index in [1.54, 1.807) is 36.7 Å². The molecule has 28 heavy (non-hydrogen) atoms. The lowest BCUT2D eigenvalue weighted by molar-refractivity contribution is 0.242. The molecule has 0 radical (unpaired) electrons. The molecule has 0 fully saturated rings. The van der Waals surface area contributed by atoms with Gasteiger partial charge in [-0.05, 0) is 55.8 Å². The van der Waals surface area contributed by atoms with Crippen LogP contribution in [0.3, 0.4) is 0 Å². The van der Waals surface area contributed by atoms with Crippen LogP contribution in [-0.2, 0) is 6.54 Å². The number of aromatic nitrogens is 1. The number of hydrogen-bond donors (Lipinski definition) is 2. The van der Waals surface area contributed by atoms with Crippen molar-refractivity contribution in [3.63, 3.8) is 0 Å². The molecule has 0 saturated carbocycles. The standard InChI is InChI=1S/C22H23N3O3/c1-16(2)27-19-8-6-17(7-9-19)15-24-22(26)25-18-4-3-5-21(14-18)28-20-10-12-23-13-11-20/h3-14,16H,15H2,1-2H3,(H2,24,25,26). The lowest BCUT2D eigenvalue weighted by atomic mass is 10.2. The lowest BCUT2D eigenvalue weighted by Gasteiger charge is -2.11. The van der Waals surface area contributed by atoms with E-state index in [4.69, 9.17) is 9.47 Å². The molecule has 2 aromatic carbocycles. The number of carbonyl (C=O) groups is 1. The molecular weight excluding hydrogens is 354 g/mol. The zero-order chi connectivity index (χ0) is 19.8. The number of pyridine rings is 1. The van der Waals surface area contributed by atoms with Crippen LogP contribution in [0.2, 0.25) is 0 Å².